The fourth-order valence-corrected chi connectivity index (χ4v) is 5.68. The zero-order valence-corrected chi connectivity index (χ0v) is 28.3. The molecule has 0 spiro atoms. The number of nitro groups is 2. The Bertz CT molecular complexity index is 1820. The molecule has 1 atom stereocenters. The normalized spacial score (nSPS) is 13.5. The van der Waals surface area contributed by atoms with Crippen LogP contribution >= 0.6 is 0 Å². The number of nitrogens with zero attached hydrogens (tertiary/aromatic N) is 2. The highest BCUT2D eigenvalue weighted by atomic mass is 19.4. The molecule has 19 heteroatoms. The number of esters is 2. The molecule has 0 bridgehead atoms. The highest BCUT2D eigenvalue weighted by Crippen LogP contribution is 2.44. The van der Waals surface area contributed by atoms with Gasteiger partial charge in [0.1, 0.15) is 17.1 Å². The summed E-state index contributed by atoms with van der Waals surface area (Å²) in [4.78, 5) is 55.2. The first-order chi connectivity index (χ1) is 24.2. The van der Waals surface area contributed by atoms with Crippen molar-refractivity contribution >= 4 is 40.6 Å². The van der Waals surface area contributed by atoms with E-state index in [1.807, 2.05) is 0 Å². The molecule has 0 saturated carbocycles. The van der Waals surface area contributed by atoms with Crippen molar-refractivity contribution in [2.45, 2.75) is 49.8 Å². The van der Waals surface area contributed by atoms with Gasteiger partial charge in [0, 0.05) is 34.6 Å². The summed E-state index contributed by atoms with van der Waals surface area (Å²) in [5.41, 5.74) is -4.96. The van der Waals surface area contributed by atoms with Gasteiger partial charge in [-0.1, -0.05) is 19.9 Å². The molecule has 1 aliphatic heterocycles. The number of rotatable bonds is 12. The molecule has 0 aliphatic carbocycles. The lowest BCUT2D eigenvalue weighted by atomic mass is 9.74. The second-order valence-corrected chi connectivity index (χ2v) is 12.0. The highest BCUT2D eigenvalue weighted by molar-refractivity contribution is 6.03. The van der Waals surface area contributed by atoms with E-state index < -0.39 is 80.6 Å². The number of alkyl halides is 3. The Balaban J connectivity index is 0.000000304. The molecular weight excluding hydrogens is 704 g/mol. The van der Waals surface area contributed by atoms with E-state index in [1.165, 1.54) is 27.0 Å². The predicted molar refractivity (Wildman–Crippen MR) is 175 cm³/mol. The molecule has 3 N–H and O–H groups in total. The zero-order chi connectivity index (χ0) is 39.2. The molecule has 280 valence electrons. The number of hydrogen-bond donors (Lipinski definition) is 3. The Morgan fingerprint density at radius 1 is 0.962 bits per heavy atom. The average Bonchev–Trinajstić information content (AvgIpc) is 3.47. The number of benzene rings is 3. The Labute approximate surface area is 293 Å². The number of methoxy groups -OCH3 is 3. The van der Waals surface area contributed by atoms with Gasteiger partial charge < -0.3 is 30.0 Å². The minimum Gasteiger partial charge on any atom is -0.496 e. The van der Waals surface area contributed by atoms with Gasteiger partial charge in [0.25, 0.3) is 11.4 Å². The summed E-state index contributed by atoms with van der Waals surface area (Å²) in [7, 11) is 3.23. The molecular formula is C33H34F4N4O11. The van der Waals surface area contributed by atoms with Gasteiger partial charge in [-0.2, -0.15) is 13.2 Å². The van der Waals surface area contributed by atoms with E-state index in [1.54, 1.807) is 18.2 Å². The lowest BCUT2D eigenvalue weighted by Gasteiger charge is -2.38. The van der Waals surface area contributed by atoms with Crippen molar-refractivity contribution in [3.8, 4) is 5.75 Å². The van der Waals surface area contributed by atoms with Gasteiger partial charge in [-0.05, 0) is 48.2 Å². The molecule has 1 amide bonds. The molecule has 4 rings (SSSR count). The minimum atomic E-state index is -4.97. The molecule has 0 aromatic heterocycles. The number of carbonyl (C=O) groups excluding carboxylic acids is 3. The molecule has 1 unspecified atom stereocenters. The molecule has 3 aromatic carbocycles. The minimum absolute atomic E-state index is 0.0366. The van der Waals surface area contributed by atoms with E-state index in [-0.39, 0.29) is 23.6 Å². The van der Waals surface area contributed by atoms with Gasteiger partial charge in [0.05, 0.1) is 44.1 Å². The topological polar surface area (TPSA) is 209 Å². The molecule has 15 nitrogen and oxygen atoms in total. The van der Waals surface area contributed by atoms with E-state index in [0.29, 0.717) is 16.9 Å². The molecule has 0 fully saturated rings. The lowest BCUT2D eigenvalue weighted by Crippen LogP contribution is -2.53. The van der Waals surface area contributed by atoms with Crippen LogP contribution in [-0.4, -0.2) is 72.5 Å². The molecule has 1 aliphatic rings. The van der Waals surface area contributed by atoms with Crippen LogP contribution in [-0.2, 0) is 35.7 Å². The van der Waals surface area contributed by atoms with Crippen molar-refractivity contribution < 1.29 is 61.1 Å². The van der Waals surface area contributed by atoms with E-state index in [4.69, 9.17) is 4.74 Å². The summed E-state index contributed by atoms with van der Waals surface area (Å²) < 4.78 is 69.7. The van der Waals surface area contributed by atoms with Crippen LogP contribution in [0.1, 0.15) is 42.9 Å². The van der Waals surface area contributed by atoms with Gasteiger partial charge in [-0.15, -0.1) is 0 Å². The molecule has 0 radical (unpaired) electrons. The quantitative estimate of drug-likeness (QED) is 0.0708. The van der Waals surface area contributed by atoms with Crippen LogP contribution < -0.4 is 15.4 Å². The fourth-order valence-electron chi connectivity index (χ4n) is 5.68. The number of anilines is 2. The van der Waals surface area contributed by atoms with Crippen molar-refractivity contribution in [1.29, 1.82) is 0 Å². The number of aliphatic hydroxyl groups is 1. The summed E-state index contributed by atoms with van der Waals surface area (Å²) in [5, 5.41) is 38.0. The fraction of sp³-hybridized carbons (Fsp3) is 0.364. The van der Waals surface area contributed by atoms with Crippen molar-refractivity contribution in [3.05, 3.63) is 97.3 Å². The third-order valence-electron chi connectivity index (χ3n) is 8.13. The van der Waals surface area contributed by atoms with Gasteiger partial charge >= 0.3 is 18.1 Å². The maximum atomic E-state index is 14.0. The number of nitrogens with one attached hydrogen (secondary N) is 2. The van der Waals surface area contributed by atoms with Gasteiger partial charge in [-0.25, -0.2) is 4.39 Å². The zero-order valence-electron chi connectivity index (χ0n) is 28.3. The Morgan fingerprint density at radius 3 is 2.02 bits per heavy atom. The van der Waals surface area contributed by atoms with Gasteiger partial charge in [0.15, 0.2) is 11.5 Å². The van der Waals surface area contributed by atoms with E-state index in [2.05, 4.69) is 20.1 Å². The SMILES string of the molecule is COC(=O)C(C(=O)OC)c1c([N+](=O)[O-])cccc1[N+](=O)[O-].COc1ccc(F)cc1C(C)(C)CC(O)(CNc1cccc2c1CC(=O)N2)C(F)(F)F. The van der Waals surface area contributed by atoms with E-state index in [9.17, 15) is 57.3 Å². The number of hydrogen-bond acceptors (Lipinski definition) is 12. The number of fused-ring (bicyclic) bond motifs is 1. The van der Waals surface area contributed by atoms with E-state index >= 15 is 0 Å². The Kier molecular flexibility index (Phi) is 12.5. The number of halogens is 4. The maximum absolute atomic E-state index is 14.0. The lowest BCUT2D eigenvalue weighted by molar-refractivity contribution is -0.395. The van der Waals surface area contributed by atoms with Crippen molar-refractivity contribution in [1.82, 2.24) is 0 Å². The summed E-state index contributed by atoms with van der Waals surface area (Å²) in [6.07, 6.45) is -5.68. The first kappa shape index (κ1) is 40.6. The Hall–Kier alpha value is -5.85. The van der Waals surface area contributed by atoms with Crippen LogP contribution in [0.15, 0.2) is 54.6 Å². The summed E-state index contributed by atoms with van der Waals surface area (Å²) in [6, 6.07) is 11.4. The molecule has 1 heterocycles. The molecule has 52 heavy (non-hydrogen) atoms. The third kappa shape index (κ3) is 8.89. The van der Waals surface area contributed by atoms with Gasteiger partial charge in [0.2, 0.25) is 5.91 Å². The average molecular weight is 739 g/mol. The maximum Gasteiger partial charge on any atom is 0.418 e. The Morgan fingerprint density at radius 2 is 1.52 bits per heavy atom. The van der Waals surface area contributed by atoms with Crippen LogP contribution in [0, 0.1) is 26.0 Å². The first-order valence-electron chi connectivity index (χ1n) is 15.1. The summed E-state index contributed by atoms with van der Waals surface area (Å²) >= 11 is 0. The van der Waals surface area contributed by atoms with Crippen LogP contribution in [0.5, 0.6) is 5.75 Å². The molecule has 0 saturated heterocycles. The number of carbonyl (C=O) groups is 3. The summed E-state index contributed by atoms with van der Waals surface area (Å²) in [6.45, 7) is 2.13. The van der Waals surface area contributed by atoms with Crippen LogP contribution in [0.25, 0.3) is 0 Å². The number of amides is 1. The van der Waals surface area contributed by atoms with Crippen LogP contribution in [0.4, 0.5) is 40.3 Å². The largest absolute Gasteiger partial charge is 0.496 e. The van der Waals surface area contributed by atoms with Gasteiger partial charge in [-0.3, -0.25) is 34.6 Å². The standard InChI is InChI=1S/C22H24F4N2O3.C11H10N2O8/c1-20(2,15-9-13(23)7-8-18(15)31-3)11-21(30,22(24,25)26)12-27-16-5-4-6-17-14(16)10-19(29)28-17;1-20-10(14)9(11(15)21-2)8-6(12(16)17)4-3-5-7(8)13(18)19/h4-9,27,30H,10-12H2,1-3H3,(H,28,29);3-5,9H,1-2H3. The first-order valence-corrected chi connectivity index (χ1v) is 15.1. The van der Waals surface area contributed by atoms with Crippen LogP contribution in [0.3, 0.4) is 0 Å². The van der Waals surface area contributed by atoms with E-state index in [0.717, 1.165) is 44.6 Å². The van der Waals surface area contributed by atoms with Crippen molar-refractivity contribution in [2.24, 2.45) is 0 Å². The third-order valence-corrected chi connectivity index (χ3v) is 8.13. The monoisotopic (exact) mass is 738 g/mol. The second-order valence-electron chi connectivity index (χ2n) is 12.0. The van der Waals surface area contributed by atoms with Crippen molar-refractivity contribution in [3.63, 3.8) is 0 Å². The highest BCUT2D eigenvalue weighted by Gasteiger charge is 2.56. The summed E-state index contributed by atoms with van der Waals surface area (Å²) in [5.74, 6) is -4.95. The van der Waals surface area contributed by atoms with Crippen LogP contribution in [0.2, 0.25) is 0 Å². The smallest absolute Gasteiger partial charge is 0.418 e. The molecule has 3 aromatic rings. The van der Waals surface area contributed by atoms with Crippen molar-refractivity contribution in [2.75, 3.05) is 38.5 Å². The number of nitro benzene ring substituents is 2. The second kappa shape index (κ2) is 16.0. The predicted octanol–water partition coefficient (Wildman–Crippen LogP) is 5.33. The number of ether oxygens (including phenoxy) is 3.